The minimum Gasteiger partial charge on any atom is -0.316 e. The third-order valence-corrected chi connectivity index (χ3v) is 2.63. The predicted molar refractivity (Wildman–Crippen MR) is 57.8 cm³/mol. The van der Waals surface area contributed by atoms with Crippen molar-refractivity contribution >= 4 is 0 Å². The molecule has 1 fully saturated rings. The van der Waals surface area contributed by atoms with E-state index in [1.54, 1.807) is 0 Å². The van der Waals surface area contributed by atoms with Gasteiger partial charge in [-0.05, 0) is 33.0 Å². The zero-order chi connectivity index (χ0) is 9.68. The molecule has 74 valence electrons. The van der Waals surface area contributed by atoms with Crippen LogP contribution in [0.5, 0.6) is 0 Å². The van der Waals surface area contributed by atoms with Crippen molar-refractivity contribution in [2.45, 2.75) is 6.42 Å². The molecule has 1 aliphatic rings. The van der Waals surface area contributed by atoms with Gasteiger partial charge in [-0.15, -0.1) is 0 Å². The van der Waals surface area contributed by atoms with Gasteiger partial charge in [0, 0.05) is 13.1 Å². The number of likely N-dealkylation sites (N-methyl/N-ethyl adjacent to an activating group) is 1. The van der Waals surface area contributed by atoms with Crippen LogP contribution in [0.15, 0.2) is 24.3 Å². The smallest absolute Gasteiger partial charge is 0.0168 e. The van der Waals surface area contributed by atoms with E-state index < -0.39 is 0 Å². The van der Waals surface area contributed by atoms with Crippen LogP contribution in [0.3, 0.4) is 0 Å². The van der Waals surface area contributed by atoms with Gasteiger partial charge in [-0.25, -0.2) is 0 Å². The Morgan fingerprint density at radius 2 is 2.46 bits per heavy atom. The molecule has 1 aliphatic heterocycles. The standard InChI is InChI=1S/C11H20N2/c1-4-5-10(8-12-2)11-6-7-13(3)9-11/h4-5,11-12H,1,6-9H2,2-3H3. The van der Waals surface area contributed by atoms with E-state index in [0.29, 0.717) is 0 Å². The fourth-order valence-corrected chi connectivity index (χ4v) is 1.93. The Morgan fingerprint density at radius 1 is 1.69 bits per heavy atom. The highest BCUT2D eigenvalue weighted by Crippen LogP contribution is 2.22. The highest BCUT2D eigenvalue weighted by Gasteiger charge is 2.21. The molecule has 0 aromatic heterocycles. The van der Waals surface area contributed by atoms with Gasteiger partial charge in [0.1, 0.15) is 0 Å². The first kappa shape index (κ1) is 10.5. The molecule has 1 N–H and O–H groups in total. The summed E-state index contributed by atoms with van der Waals surface area (Å²) < 4.78 is 0. The van der Waals surface area contributed by atoms with Crippen LogP contribution >= 0.6 is 0 Å². The third-order valence-electron chi connectivity index (χ3n) is 2.63. The number of hydrogen-bond acceptors (Lipinski definition) is 2. The van der Waals surface area contributed by atoms with Crippen molar-refractivity contribution in [1.82, 2.24) is 10.2 Å². The van der Waals surface area contributed by atoms with E-state index in [1.807, 2.05) is 13.1 Å². The molecule has 0 spiro atoms. The van der Waals surface area contributed by atoms with Crippen LogP contribution in [0.1, 0.15) is 6.42 Å². The van der Waals surface area contributed by atoms with Crippen molar-refractivity contribution in [2.75, 3.05) is 33.7 Å². The highest BCUT2D eigenvalue weighted by molar-refractivity contribution is 5.16. The number of allylic oxidation sites excluding steroid dienone is 2. The summed E-state index contributed by atoms with van der Waals surface area (Å²) in [6, 6.07) is 0. The molecule has 2 nitrogen and oxygen atoms in total. The zero-order valence-electron chi connectivity index (χ0n) is 8.71. The van der Waals surface area contributed by atoms with Crippen LogP contribution in [-0.4, -0.2) is 38.6 Å². The second kappa shape index (κ2) is 5.20. The summed E-state index contributed by atoms with van der Waals surface area (Å²) in [5, 5.41) is 3.21. The molecule has 0 saturated carbocycles. The molecule has 1 rings (SSSR count). The summed E-state index contributed by atoms with van der Waals surface area (Å²) >= 11 is 0. The van der Waals surface area contributed by atoms with Crippen LogP contribution < -0.4 is 5.32 Å². The molecule has 0 radical (unpaired) electrons. The molecule has 1 unspecified atom stereocenters. The molecule has 0 aromatic carbocycles. The van der Waals surface area contributed by atoms with Gasteiger partial charge in [0.15, 0.2) is 0 Å². The molecule has 0 bridgehead atoms. The zero-order valence-corrected chi connectivity index (χ0v) is 8.71. The Kier molecular flexibility index (Phi) is 4.19. The lowest BCUT2D eigenvalue weighted by molar-refractivity contribution is 0.404. The van der Waals surface area contributed by atoms with Crippen LogP contribution in [0.25, 0.3) is 0 Å². The molecular formula is C11H20N2. The van der Waals surface area contributed by atoms with Crippen molar-refractivity contribution in [3.63, 3.8) is 0 Å². The molecule has 0 aliphatic carbocycles. The summed E-state index contributed by atoms with van der Waals surface area (Å²) in [5.74, 6) is 0.732. The average molecular weight is 180 g/mol. The molecule has 0 amide bonds. The summed E-state index contributed by atoms with van der Waals surface area (Å²) in [5.41, 5.74) is 1.49. The third kappa shape index (κ3) is 2.98. The second-order valence-electron chi connectivity index (χ2n) is 3.76. The number of hydrogen-bond donors (Lipinski definition) is 1. The first-order chi connectivity index (χ1) is 6.27. The largest absolute Gasteiger partial charge is 0.316 e. The highest BCUT2D eigenvalue weighted by atomic mass is 15.1. The maximum absolute atomic E-state index is 3.76. The van der Waals surface area contributed by atoms with Crippen molar-refractivity contribution in [3.05, 3.63) is 24.3 Å². The van der Waals surface area contributed by atoms with Crippen LogP contribution in [-0.2, 0) is 0 Å². The molecule has 1 heterocycles. The minimum atomic E-state index is 0.732. The van der Waals surface area contributed by atoms with Gasteiger partial charge in [-0.3, -0.25) is 0 Å². The van der Waals surface area contributed by atoms with Crippen molar-refractivity contribution < 1.29 is 0 Å². The van der Waals surface area contributed by atoms with E-state index in [-0.39, 0.29) is 0 Å². The quantitative estimate of drug-likeness (QED) is 0.655. The first-order valence-corrected chi connectivity index (χ1v) is 4.92. The van der Waals surface area contributed by atoms with Crippen LogP contribution in [0.2, 0.25) is 0 Å². The molecule has 1 atom stereocenters. The maximum Gasteiger partial charge on any atom is 0.0168 e. The summed E-state index contributed by atoms with van der Waals surface area (Å²) in [7, 11) is 4.18. The van der Waals surface area contributed by atoms with E-state index in [4.69, 9.17) is 0 Å². The first-order valence-electron chi connectivity index (χ1n) is 4.92. The van der Waals surface area contributed by atoms with Gasteiger partial charge in [0.25, 0.3) is 0 Å². The van der Waals surface area contributed by atoms with Gasteiger partial charge < -0.3 is 10.2 Å². The van der Waals surface area contributed by atoms with Crippen LogP contribution in [0.4, 0.5) is 0 Å². The van der Waals surface area contributed by atoms with Crippen molar-refractivity contribution in [1.29, 1.82) is 0 Å². The Bertz CT molecular complexity index is 196. The van der Waals surface area contributed by atoms with E-state index in [9.17, 15) is 0 Å². The van der Waals surface area contributed by atoms with Crippen molar-refractivity contribution in [2.24, 2.45) is 5.92 Å². The fourth-order valence-electron chi connectivity index (χ4n) is 1.93. The average Bonchev–Trinajstić information content (AvgIpc) is 2.51. The number of rotatable bonds is 4. The van der Waals surface area contributed by atoms with E-state index in [0.717, 1.165) is 12.5 Å². The van der Waals surface area contributed by atoms with Crippen molar-refractivity contribution in [3.8, 4) is 0 Å². The minimum absolute atomic E-state index is 0.732. The SMILES string of the molecule is C=CC=C(CNC)C1CCN(C)C1. The lowest BCUT2D eigenvalue weighted by Crippen LogP contribution is -2.20. The topological polar surface area (TPSA) is 15.3 Å². The maximum atomic E-state index is 3.76. The lowest BCUT2D eigenvalue weighted by Gasteiger charge is -2.14. The van der Waals surface area contributed by atoms with Gasteiger partial charge in [0.2, 0.25) is 0 Å². The number of likely N-dealkylation sites (tertiary alicyclic amines) is 1. The molecule has 13 heavy (non-hydrogen) atoms. The normalized spacial score (nSPS) is 25.1. The number of nitrogens with zero attached hydrogens (tertiary/aromatic N) is 1. The Hall–Kier alpha value is -0.600. The fraction of sp³-hybridized carbons (Fsp3) is 0.636. The summed E-state index contributed by atoms with van der Waals surface area (Å²) in [6.07, 6.45) is 5.34. The monoisotopic (exact) mass is 180 g/mol. The number of nitrogens with one attached hydrogen (secondary N) is 1. The van der Waals surface area contributed by atoms with E-state index >= 15 is 0 Å². The van der Waals surface area contributed by atoms with Gasteiger partial charge in [-0.1, -0.05) is 24.3 Å². The molecule has 1 saturated heterocycles. The lowest BCUT2D eigenvalue weighted by atomic mass is 9.98. The summed E-state index contributed by atoms with van der Waals surface area (Å²) in [4.78, 5) is 2.39. The predicted octanol–water partition coefficient (Wildman–Crippen LogP) is 1.27. The van der Waals surface area contributed by atoms with Gasteiger partial charge in [0.05, 0.1) is 0 Å². The summed E-state index contributed by atoms with van der Waals surface area (Å²) in [6.45, 7) is 7.17. The Morgan fingerprint density at radius 3 is 2.92 bits per heavy atom. The van der Waals surface area contributed by atoms with Crippen LogP contribution in [0, 0.1) is 5.92 Å². The van der Waals surface area contributed by atoms with Gasteiger partial charge in [-0.2, -0.15) is 0 Å². The second-order valence-corrected chi connectivity index (χ2v) is 3.76. The van der Waals surface area contributed by atoms with Gasteiger partial charge >= 0.3 is 0 Å². The molecule has 2 heteroatoms. The molecular weight excluding hydrogens is 160 g/mol. The Balaban J connectivity index is 2.54. The molecule has 0 aromatic rings. The van der Waals surface area contributed by atoms with E-state index in [2.05, 4.69) is 29.9 Å². The Labute approximate surface area is 81.3 Å². The van der Waals surface area contributed by atoms with E-state index in [1.165, 1.54) is 25.1 Å².